The van der Waals surface area contributed by atoms with Crippen LogP contribution in [0.2, 0.25) is 0 Å². The second kappa shape index (κ2) is 11.1. The summed E-state index contributed by atoms with van der Waals surface area (Å²) in [5, 5.41) is 0. The topological polar surface area (TPSA) is 26.0 Å². The van der Waals surface area contributed by atoms with E-state index >= 15 is 0 Å². The fourth-order valence-corrected chi connectivity index (χ4v) is 2.50. The van der Waals surface area contributed by atoms with Crippen molar-refractivity contribution >= 4 is 32.0 Å². The second-order valence-corrected chi connectivity index (χ2v) is 4.82. The average molecular weight is 289 g/mol. The third-order valence-corrected chi connectivity index (χ3v) is 3.38. The van der Waals surface area contributed by atoms with Crippen molar-refractivity contribution < 1.29 is 0 Å². The number of hydrogen-bond acceptors (Lipinski definition) is 1. The second-order valence-electron chi connectivity index (χ2n) is 2.74. The highest BCUT2D eigenvalue weighted by molar-refractivity contribution is 14.0. The first kappa shape index (κ1) is 14.6. The highest BCUT2D eigenvalue weighted by Gasteiger charge is 1.98. The Morgan fingerprint density at radius 1 is 1.00 bits per heavy atom. The van der Waals surface area contributed by atoms with Gasteiger partial charge in [-0.3, -0.25) is 0 Å². The quantitative estimate of drug-likeness (QED) is 0.587. The van der Waals surface area contributed by atoms with Crippen LogP contribution in [0.25, 0.3) is 0 Å². The van der Waals surface area contributed by atoms with E-state index < -0.39 is 0 Å². The van der Waals surface area contributed by atoms with Gasteiger partial charge in [-0.25, -0.2) is 0 Å². The van der Waals surface area contributed by atoms with Crippen LogP contribution in [0.4, 0.5) is 0 Å². The first-order valence-electron chi connectivity index (χ1n) is 4.30. The molecule has 0 rings (SSSR count). The van der Waals surface area contributed by atoms with Crippen molar-refractivity contribution in [3.8, 4) is 0 Å². The highest BCUT2D eigenvalue weighted by Crippen LogP contribution is 2.27. The molecule has 0 heterocycles. The predicted octanol–water partition coefficient (Wildman–Crippen LogP) is 3.56. The molecule has 0 saturated heterocycles. The molecule has 1 nitrogen and oxygen atoms in total. The summed E-state index contributed by atoms with van der Waals surface area (Å²) in [6, 6.07) is 0. The molecule has 0 fully saturated rings. The molecule has 70 valence electrons. The van der Waals surface area contributed by atoms with Gasteiger partial charge in [0.2, 0.25) is 0 Å². The Labute approximate surface area is 89.3 Å². The molecular formula is C8H21INP. The third-order valence-electron chi connectivity index (χ3n) is 1.60. The Kier molecular flexibility index (Phi) is 14.8. The molecule has 0 saturated carbocycles. The van der Waals surface area contributed by atoms with Gasteiger partial charge in [-0.1, -0.05) is 26.7 Å². The Morgan fingerprint density at radius 3 is 1.64 bits per heavy atom. The third kappa shape index (κ3) is 11.1. The molecular weight excluding hydrogens is 268 g/mol. The van der Waals surface area contributed by atoms with Gasteiger partial charge in [-0.2, -0.15) is 0 Å². The molecule has 0 aromatic heterocycles. The van der Waals surface area contributed by atoms with E-state index in [0.29, 0.717) is 0 Å². The van der Waals surface area contributed by atoms with Crippen molar-refractivity contribution in [3.05, 3.63) is 0 Å². The van der Waals surface area contributed by atoms with E-state index in [9.17, 15) is 0 Å². The van der Waals surface area contributed by atoms with E-state index in [1.54, 1.807) is 0 Å². The molecule has 0 radical (unpaired) electrons. The lowest BCUT2D eigenvalue weighted by Gasteiger charge is -2.09. The minimum atomic E-state index is -0.0923. The van der Waals surface area contributed by atoms with Crippen molar-refractivity contribution in [2.75, 3.05) is 12.3 Å². The summed E-state index contributed by atoms with van der Waals surface area (Å²) in [7, 11) is -0.0923. The lowest BCUT2D eigenvalue weighted by Crippen LogP contribution is -1.98. The van der Waals surface area contributed by atoms with Gasteiger partial charge in [0.05, 0.1) is 0 Å². The van der Waals surface area contributed by atoms with Crippen LogP contribution < -0.4 is 5.50 Å². The summed E-state index contributed by atoms with van der Waals surface area (Å²) in [6.45, 7) is 4.45. The lowest BCUT2D eigenvalue weighted by atomic mass is 10.4. The summed E-state index contributed by atoms with van der Waals surface area (Å²) in [5.41, 5.74) is 5.91. The van der Waals surface area contributed by atoms with Crippen LogP contribution in [0.1, 0.15) is 39.5 Å². The van der Waals surface area contributed by atoms with E-state index in [-0.39, 0.29) is 32.0 Å². The number of nitrogens with two attached hydrogens (primary N) is 1. The van der Waals surface area contributed by atoms with E-state index in [4.69, 9.17) is 5.50 Å². The predicted molar refractivity (Wildman–Crippen MR) is 66.1 cm³/mol. The van der Waals surface area contributed by atoms with Crippen molar-refractivity contribution in [3.63, 3.8) is 0 Å². The molecule has 3 heteroatoms. The zero-order valence-corrected chi connectivity index (χ0v) is 10.9. The summed E-state index contributed by atoms with van der Waals surface area (Å²) < 4.78 is 0. The van der Waals surface area contributed by atoms with Gasteiger partial charge in [0, 0.05) is 0 Å². The fraction of sp³-hybridized carbons (Fsp3) is 1.00. The van der Waals surface area contributed by atoms with Crippen molar-refractivity contribution in [1.29, 1.82) is 0 Å². The summed E-state index contributed by atoms with van der Waals surface area (Å²) in [4.78, 5) is 0. The van der Waals surface area contributed by atoms with Gasteiger partial charge in [0.15, 0.2) is 0 Å². The average Bonchev–Trinajstić information content (AvgIpc) is 1.97. The standard InChI is InChI=1S/C8H20NP.HI/c1-3-5-7-10(9)8-6-4-2;/h3-9H2,1-2H3;1H. The van der Waals surface area contributed by atoms with Crippen molar-refractivity contribution in [2.24, 2.45) is 5.50 Å². The smallest absolute Gasteiger partial charge is 0.0197 e. The Morgan fingerprint density at radius 2 is 1.36 bits per heavy atom. The number of halogens is 1. The molecule has 0 aromatic rings. The molecule has 0 aliphatic carbocycles. The SMILES string of the molecule is CCCCP(N)CCCC.I. The first-order chi connectivity index (χ1) is 4.81. The number of unbranched alkanes of at least 4 members (excludes halogenated alkanes) is 2. The molecule has 0 amide bonds. The zero-order chi connectivity index (χ0) is 7.82. The van der Waals surface area contributed by atoms with Gasteiger partial charge in [0.25, 0.3) is 0 Å². The van der Waals surface area contributed by atoms with Gasteiger partial charge in [-0.05, 0) is 33.2 Å². The van der Waals surface area contributed by atoms with Gasteiger partial charge >= 0.3 is 0 Å². The van der Waals surface area contributed by atoms with Crippen LogP contribution in [0.15, 0.2) is 0 Å². The first-order valence-corrected chi connectivity index (χ1v) is 6.09. The maximum absolute atomic E-state index is 5.91. The molecule has 11 heavy (non-hydrogen) atoms. The molecule has 0 aromatic carbocycles. The van der Waals surface area contributed by atoms with Crippen LogP contribution in [-0.2, 0) is 0 Å². The largest absolute Gasteiger partial charge is 0.310 e. The normalized spacial score (nSPS) is 9.82. The summed E-state index contributed by atoms with van der Waals surface area (Å²) in [6.07, 6.45) is 7.81. The van der Waals surface area contributed by atoms with Crippen LogP contribution in [0.5, 0.6) is 0 Å². The zero-order valence-electron chi connectivity index (χ0n) is 7.68. The highest BCUT2D eigenvalue weighted by atomic mass is 127. The van der Waals surface area contributed by atoms with E-state index in [0.717, 1.165) is 0 Å². The minimum absolute atomic E-state index is 0. The number of hydrogen-bond donors (Lipinski definition) is 1. The molecule has 0 aliphatic heterocycles. The van der Waals surface area contributed by atoms with Crippen LogP contribution in [-0.4, -0.2) is 12.3 Å². The maximum atomic E-state index is 5.91. The molecule has 0 atom stereocenters. The summed E-state index contributed by atoms with van der Waals surface area (Å²) >= 11 is 0. The fourth-order valence-electron chi connectivity index (χ4n) is 0.834. The Bertz CT molecular complexity index is 63.1. The number of rotatable bonds is 6. The van der Waals surface area contributed by atoms with Crippen molar-refractivity contribution in [2.45, 2.75) is 39.5 Å². The monoisotopic (exact) mass is 289 g/mol. The van der Waals surface area contributed by atoms with E-state index in [1.165, 1.54) is 38.0 Å². The molecule has 0 aliphatic rings. The Balaban J connectivity index is 0. The van der Waals surface area contributed by atoms with Gasteiger partial charge < -0.3 is 5.50 Å². The van der Waals surface area contributed by atoms with E-state index in [1.807, 2.05) is 0 Å². The van der Waals surface area contributed by atoms with Gasteiger partial charge in [-0.15, -0.1) is 24.0 Å². The van der Waals surface area contributed by atoms with Crippen LogP contribution >= 0.6 is 32.0 Å². The van der Waals surface area contributed by atoms with E-state index in [2.05, 4.69) is 13.8 Å². The summed E-state index contributed by atoms with van der Waals surface area (Å²) in [5.74, 6) is 0. The van der Waals surface area contributed by atoms with Crippen molar-refractivity contribution in [1.82, 2.24) is 0 Å². The van der Waals surface area contributed by atoms with Gasteiger partial charge in [0.1, 0.15) is 0 Å². The van der Waals surface area contributed by atoms with Crippen LogP contribution in [0, 0.1) is 0 Å². The maximum Gasteiger partial charge on any atom is -0.0197 e. The molecule has 0 bridgehead atoms. The Hall–Kier alpha value is 1.12. The molecule has 0 unspecified atom stereocenters. The van der Waals surface area contributed by atoms with Crippen LogP contribution in [0.3, 0.4) is 0 Å². The molecule has 0 spiro atoms. The minimum Gasteiger partial charge on any atom is -0.310 e. The molecule has 2 N–H and O–H groups in total. The lowest BCUT2D eigenvalue weighted by molar-refractivity contribution is 0.867.